The summed E-state index contributed by atoms with van der Waals surface area (Å²) < 4.78 is 39.7. The average molecular weight is 705 g/mol. The summed E-state index contributed by atoms with van der Waals surface area (Å²) in [4.78, 5) is 31.3. The predicted octanol–water partition coefficient (Wildman–Crippen LogP) is 6.06. The molecule has 3 amide bonds. The van der Waals surface area contributed by atoms with Gasteiger partial charge in [-0.05, 0) is 99.5 Å². The highest BCUT2D eigenvalue weighted by Crippen LogP contribution is 2.47. The van der Waals surface area contributed by atoms with Gasteiger partial charge < -0.3 is 24.0 Å². The molecule has 10 nitrogen and oxygen atoms in total. The number of urea groups is 1. The molecule has 7 rings (SSSR count). The van der Waals surface area contributed by atoms with E-state index in [1.54, 1.807) is 25.2 Å². The quantitative estimate of drug-likeness (QED) is 0.387. The van der Waals surface area contributed by atoms with Crippen molar-refractivity contribution in [1.82, 2.24) is 9.62 Å². The summed E-state index contributed by atoms with van der Waals surface area (Å²) in [6, 6.07) is 11.6. The van der Waals surface area contributed by atoms with Gasteiger partial charge in [-0.25, -0.2) is 9.00 Å². The Labute approximate surface area is 297 Å². The first-order valence-corrected chi connectivity index (χ1v) is 19.9. The third-order valence-corrected chi connectivity index (χ3v) is 13.9. The lowest BCUT2D eigenvalue weighted by Gasteiger charge is -2.46. The van der Waals surface area contributed by atoms with Crippen LogP contribution >= 0.6 is 0 Å². The molecule has 0 radical (unpaired) electrons. The van der Waals surface area contributed by atoms with Crippen molar-refractivity contribution in [2.75, 3.05) is 51.1 Å². The van der Waals surface area contributed by atoms with Crippen molar-refractivity contribution < 1.29 is 28.0 Å². The van der Waals surface area contributed by atoms with Crippen LogP contribution in [0.25, 0.3) is 0 Å². The molecule has 2 aromatic rings. The van der Waals surface area contributed by atoms with Crippen LogP contribution < -0.4 is 14.4 Å². The summed E-state index contributed by atoms with van der Waals surface area (Å²) in [5.41, 5.74) is 5.02. The summed E-state index contributed by atoms with van der Waals surface area (Å²) >= 11 is 0. The van der Waals surface area contributed by atoms with Crippen molar-refractivity contribution in [3.63, 3.8) is 0 Å². The van der Waals surface area contributed by atoms with Gasteiger partial charge in [0.1, 0.15) is 15.7 Å². The number of fused-ring (bicyclic) bond motifs is 4. The van der Waals surface area contributed by atoms with Crippen molar-refractivity contribution in [1.29, 1.82) is 0 Å². The van der Waals surface area contributed by atoms with Crippen LogP contribution in [-0.2, 0) is 31.2 Å². The molecule has 2 aromatic carbocycles. The Morgan fingerprint density at radius 3 is 2.68 bits per heavy atom. The molecule has 11 heteroatoms. The largest absolute Gasteiger partial charge is 0.490 e. The fraction of sp³-hybridized carbons (Fsp3) is 0.590. The Balaban J connectivity index is 1.28. The maximum atomic E-state index is 14.5. The van der Waals surface area contributed by atoms with E-state index in [0.29, 0.717) is 37.0 Å². The number of hydrogen-bond acceptors (Lipinski definition) is 7. The highest BCUT2D eigenvalue weighted by atomic mass is 32.2. The van der Waals surface area contributed by atoms with E-state index < -0.39 is 21.9 Å². The Hall–Kier alpha value is -3.41. The van der Waals surface area contributed by atoms with Crippen molar-refractivity contribution in [2.45, 2.75) is 83.0 Å². The van der Waals surface area contributed by atoms with Gasteiger partial charge in [0.15, 0.2) is 0 Å². The maximum absolute atomic E-state index is 14.5. The monoisotopic (exact) mass is 704 g/mol. The van der Waals surface area contributed by atoms with E-state index in [2.05, 4.69) is 51.3 Å². The zero-order chi connectivity index (χ0) is 35.2. The van der Waals surface area contributed by atoms with Gasteiger partial charge in [-0.1, -0.05) is 42.8 Å². The number of carbonyl (C=O) groups excluding carboxylic acids is 2. The first kappa shape index (κ1) is 35.0. The molecule has 8 atom stereocenters. The molecule has 1 saturated carbocycles. The fourth-order valence-electron chi connectivity index (χ4n) is 8.84. The summed E-state index contributed by atoms with van der Waals surface area (Å²) in [6.07, 6.45) is 10.1. The average Bonchev–Trinajstić information content (AvgIpc) is 3.21. The van der Waals surface area contributed by atoms with E-state index in [0.717, 1.165) is 56.6 Å². The zero-order valence-corrected chi connectivity index (χ0v) is 30.9. The van der Waals surface area contributed by atoms with Gasteiger partial charge in [-0.15, -0.1) is 4.36 Å². The smallest absolute Gasteiger partial charge is 0.330 e. The molecule has 1 N–H and O–H groups in total. The molecule has 1 spiro atoms. The van der Waals surface area contributed by atoms with E-state index in [4.69, 9.17) is 14.2 Å². The van der Waals surface area contributed by atoms with Gasteiger partial charge in [0.05, 0.1) is 42.8 Å². The maximum Gasteiger partial charge on any atom is 0.330 e. The van der Waals surface area contributed by atoms with E-state index in [9.17, 15) is 13.8 Å². The number of methoxy groups -OCH3 is 2. The molecule has 0 aromatic heterocycles. The standard InChI is InChI=1S/C39H52N4O6S/c1-25-11-15-32-28(18-25)9-7-17-39(32)23-42-20-30-12-14-31(30)34(47-4)10-6-8-26(2)22-50(46,41-38(45)43-21-36(48-5)27(43)3)40-37(44)29-13-16-35(49-24-39)33(42)19-29/h6,10-11,13,15-16,18-19,26-27,30-31,34,36H,7-9,12,14,17,20-24H2,1-5H3,(H,40,41,44,45,46)/b10-6+/t26-,27-,30-,31+,34-,36+,39-,50?/m0/s1. The molecule has 2 bridgehead atoms. The lowest BCUT2D eigenvalue weighted by molar-refractivity contribution is -0.0508. The number of allylic oxidation sites excluding steroid dienone is 1. The molecule has 1 unspecified atom stereocenters. The third-order valence-electron chi connectivity index (χ3n) is 11.9. The van der Waals surface area contributed by atoms with E-state index in [1.165, 1.54) is 16.7 Å². The van der Waals surface area contributed by atoms with Gasteiger partial charge in [-0.2, -0.15) is 0 Å². The van der Waals surface area contributed by atoms with E-state index >= 15 is 0 Å². The van der Waals surface area contributed by atoms with Crippen LogP contribution in [0.2, 0.25) is 0 Å². The number of aryl methyl sites for hydroxylation is 2. The molecule has 50 heavy (non-hydrogen) atoms. The first-order valence-electron chi connectivity index (χ1n) is 18.2. The molecular formula is C39H52N4O6S. The molecule has 2 fully saturated rings. The van der Waals surface area contributed by atoms with Crippen LogP contribution in [0.4, 0.5) is 10.5 Å². The number of amides is 3. The Morgan fingerprint density at radius 2 is 1.94 bits per heavy atom. The van der Waals surface area contributed by atoms with Crippen LogP contribution in [0, 0.1) is 24.7 Å². The van der Waals surface area contributed by atoms with Gasteiger partial charge >= 0.3 is 6.03 Å². The number of hydrogen-bond donors (Lipinski definition) is 1. The number of ether oxygens (including phenoxy) is 3. The molecule has 2 aliphatic carbocycles. The second-order valence-corrected chi connectivity index (χ2v) is 17.4. The number of nitrogens with zero attached hydrogens (tertiary/aromatic N) is 3. The van der Waals surface area contributed by atoms with Crippen LogP contribution in [0.5, 0.6) is 5.75 Å². The van der Waals surface area contributed by atoms with Crippen molar-refractivity contribution >= 4 is 27.5 Å². The van der Waals surface area contributed by atoms with Gasteiger partial charge in [0, 0.05) is 38.3 Å². The van der Waals surface area contributed by atoms with Crippen LogP contribution in [0.1, 0.15) is 73.0 Å². The minimum absolute atomic E-state index is 0.0350. The van der Waals surface area contributed by atoms with E-state index in [-0.39, 0.29) is 35.3 Å². The van der Waals surface area contributed by atoms with Crippen molar-refractivity contribution in [2.24, 2.45) is 22.1 Å². The lowest BCUT2D eigenvalue weighted by atomic mass is 9.68. The number of nitrogens with one attached hydrogen (secondary N) is 1. The SMILES string of the molecule is CO[C@H]1/C=C/C[C@H](C)CS(=O)(NC(=O)N2C[C@@H](OC)[C@@H]2C)=NC(=O)c2ccc3c(c2)N(C[C@@H]2CC[C@H]21)C[C@@]1(CCCc2cc(C)ccc21)CO3. The van der Waals surface area contributed by atoms with Crippen LogP contribution in [0.15, 0.2) is 52.9 Å². The Morgan fingerprint density at radius 1 is 1.10 bits per heavy atom. The second-order valence-electron chi connectivity index (χ2n) is 15.4. The van der Waals surface area contributed by atoms with Crippen molar-refractivity contribution in [3.05, 3.63) is 70.8 Å². The summed E-state index contributed by atoms with van der Waals surface area (Å²) in [5, 5.41) is 0. The number of anilines is 1. The highest BCUT2D eigenvalue weighted by Gasteiger charge is 2.45. The summed E-state index contributed by atoms with van der Waals surface area (Å²) in [5.74, 6) is 0.821. The first-order chi connectivity index (χ1) is 24.0. The number of benzene rings is 2. The molecule has 5 aliphatic rings. The summed E-state index contributed by atoms with van der Waals surface area (Å²) in [6.45, 7) is 8.53. The van der Waals surface area contributed by atoms with Gasteiger partial charge in [0.25, 0.3) is 5.91 Å². The topological polar surface area (TPSA) is 110 Å². The molecule has 270 valence electrons. The minimum Gasteiger partial charge on any atom is -0.490 e. The van der Waals surface area contributed by atoms with Gasteiger partial charge in [-0.3, -0.25) is 9.52 Å². The molecule has 1 saturated heterocycles. The van der Waals surface area contributed by atoms with Crippen LogP contribution in [0.3, 0.4) is 0 Å². The normalized spacial score (nSPS) is 34.5. The number of rotatable bonds is 3. The molecule has 3 aliphatic heterocycles. The molecule has 3 heterocycles. The number of likely N-dealkylation sites (tertiary alicyclic amines) is 1. The minimum atomic E-state index is -3.48. The lowest BCUT2D eigenvalue weighted by Crippen LogP contribution is -2.64. The number of carbonyl (C=O) groups is 2. The van der Waals surface area contributed by atoms with Crippen molar-refractivity contribution in [3.8, 4) is 5.75 Å². The van der Waals surface area contributed by atoms with E-state index in [1.807, 2.05) is 26.0 Å². The fourth-order valence-corrected chi connectivity index (χ4v) is 10.7. The third kappa shape index (κ3) is 6.68. The Bertz CT molecular complexity index is 1790. The predicted molar refractivity (Wildman–Crippen MR) is 195 cm³/mol. The summed E-state index contributed by atoms with van der Waals surface area (Å²) in [7, 11) is -0.0852. The molecular weight excluding hydrogens is 653 g/mol. The second kappa shape index (κ2) is 14.0. The van der Waals surface area contributed by atoms with Crippen LogP contribution in [-0.4, -0.2) is 85.5 Å². The highest BCUT2D eigenvalue weighted by molar-refractivity contribution is 7.92. The zero-order valence-electron chi connectivity index (χ0n) is 30.1. The Kier molecular flexibility index (Phi) is 9.77. The van der Waals surface area contributed by atoms with Gasteiger partial charge in [0.2, 0.25) is 0 Å².